The third-order valence-corrected chi connectivity index (χ3v) is 5.34. The standard InChI is InChI=1S/C22H24FN5O3/c1-31-18-8-6-17(7-9-18)27-10-12-28(13-11-27)22-25-19(14-20(29)26-22)21(30)24-16-4-2-15(23)3-5-16/h2-9,19H,10-14H2,1H3,(H,24,30)(H,25,26,29)/t19-/m0/s1. The summed E-state index contributed by atoms with van der Waals surface area (Å²) in [6.07, 6.45) is -0.0255. The van der Waals surface area contributed by atoms with Gasteiger partial charge in [-0.25, -0.2) is 9.38 Å². The van der Waals surface area contributed by atoms with Crippen LogP contribution < -0.4 is 20.3 Å². The number of carbonyl (C=O) groups is 2. The van der Waals surface area contributed by atoms with Crippen molar-refractivity contribution in [3.05, 3.63) is 54.3 Å². The van der Waals surface area contributed by atoms with Crippen LogP contribution in [0, 0.1) is 5.82 Å². The van der Waals surface area contributed by atoms with Gasteiger partial charge in [-0.05, 0) is 48.5 Å². The first-order valence-electron chi connectivity index (χ1n) is 10.1. The Morgan fingerprint density at radius 2 is 1.71 bits per heavy atom. The molecule has 0 aromatic heterocycles. The normalized spacial score (nSPS) is 18.8. The van der Waals surface area contributed by atoms with E-state index in [4.69, 9.17) is 4.74 Å². The third kappa shape index (κ3) is 4.93. The highest BCUT2D eigenvalue weighted by Crippen LogP contribution is 2.21. The van der Waals surface area contributed by atoms with Crippen LogP contribution in [0.1, 0.15) is 6.42 Å². The van der Waals surface area contributed by atoms with Crippen LogP contribution in [0.3, 0.4) is 0 Å². The number of methoxy groups -OCH3 is 1. The predicted octanol–water partition coefficient (Wildman–Crippen LogP) is 1.84. The van der Waals surface area contributed by atoms with Gasteiger partial charge in [0, 0.05) is 37.6 Å². The Labute approximate surface area is 179 Å². The van der Waals surface area contributed by atoms with Gasteiger partial charge < -0.3 is 19.9 Å². The van der Waals surface area contributed by atoms with Crippen molar-refractivity contribution in [1.29, 1.82) is 0 Å². The molecule has 0 bridgehead atoms. The highest BCUT2D eigenvalue weighted by atomic mass is 19.1. The van der Waals surface area contributed by atoms with Gasteiger partial charge in [0.1, 0.15) is 17.6 Å². The zero-order valence-corrected chi connectivity index (χ0v) is 17.2. The van der Waals surface area contributed by atoms with Crippen molar-refractivity contribution < 1.29 is 18.7 Å². The maximum atomic E-state index is 13.1. The Kier molecular flexibility index (Phi) is 6.01. The van der Waals surface area contributed by atoms with Crippen molar-refractivity contribution in [2.24, 2.45) is 4.99 Å². The van der Waals surface area contributed by atoms with Crippen LogP contribution in [0.5, 0.6) is 5.75 Å². The molecule has 2 aromatic rings. The molecule has 0 spiro atoms. The number of piperazine rings is 1. The zero-order valence-electron chi connectivity index (χ0n) is 17.2. The van der Waals surface area contributed by atoms with E-state index in [1.54, 1.807) is 7.11 Å². The van der Waals surface area contributed by atoms with Crippen LogP contribution in [-0.4, -0.2) is 62.0 Å². The molecular formula is C22H24FN5O3. The largest absolute Gasteiger partial charge is 0.497 e. The lowest BCUT2D eigenvalue weighted by atomic mass is 10.1. The summed E-state index contributed by atoms with van der Waals surface area (Å²) in [7, 11) is 1.64. The highest BCUT2D eigenvalue weighted by molar-refractivity contribution is 6.06. The highest BCUT2D eigenvalue weighted by Gasteiger charge is 2.30. The van der Waals surface area contributed by atoms with E-state index in [9.17, 15) is 14.0 Å². The number of amides is 2. The first-order chi connectivity index (χ1) is 15.0. The van der Waals surface area contributed by atoms with Crippen LogP contribution in [0.25, 0.3) is 0 Å². The van der Waals surface area contributed by atoms with E-state index in [0.717, 1.165) is 24.5 Å². The van der Waals surface area contributed by atoms with Gasteiger partial charge in [0.15, 0.2) is 0 Å². The number of halogens is 1. The van der Waals surface area contributed by atoms with Gasteiger partial charge in [-0.2, -0.15) is 0 Å². The second-order valence-corrected chi connectivity index (χ2v) is 7.39. The van der Waals surface area contributed by atoms with E-state index < -0.39 is 11.9 Å². The molecule has 4 rings (SSSR count). The summed E-state index contributed by atoms with van der Waals surface area (Å²) in [4.78, 5) is 33.5. The molecule has 0 saturated carbocycles. The molecule has 2 aliphatic heterocycles. The lowest BCUT2D eigenvalue weighted by Crippen LogP contribution is -2.56. The molecule has 0 unspecified atom stereocenters. The van der Waals surface area contributed by atoms with Crippen LogP contribution in [-0.2, 0) is 9.59 Å². The van der Waals surface area contributed by atoms with E-state index in [1.165, 1.54) is 24.3 Å². The molecule has 162 valence electrons. The number of guanidine groups is 1. The smallest absolute Gasteiger partial charge is 0.249 e. The van der Waals surface area contributed by atoms with Gasteiger partial charge in [0.25, 0.3) is 0 Å². The molecular weight excluding hydrogens is 401 g/mol. The van der Waals surface area contributed by atoms with Gasteiger partial charge in [0.05, 0.1) is 13.5 Å². The van der Waals surface area contributed by atoms with E-state index in [2.05, 4.69) is 20.5 Å². The van der Waals surface area contributed by atoms with Crippen LogP contribution in [0.4, 0.5) is 15.8 Å². The molecule has 2 amide bonds. The number of carbonyl (C=O) groups excluding carboxylic acids is 2. The summed E-state index contributed by atoms with van der Waals surface area (Å²) in [6.45, 7) is 2.84. The molecule has 1 atom stereocenters. The van der Waals surface area contributed by atoms with Crippen molar-refractivity contribution in [1.82, 2.24) is 10.2 Å². The van der Waals surface area contributed by atoms with E-state index in [1.807, 2.05) is 29.2 Å². The van der Waals surface area contributed by atoms with Gasteiger partial charge in [0.2, 0.25) is 17.8 Å². The number of nitrogens with zero attached hydrogens (tertiary/aromatic N) is 3. The summed E-state index contributed by atoms with van der Waals surface area (Å²) in [5.74, 6) is 0.207. The van der Waals surface area contributed by atoms with Crippen molar-refractivity contribution in [2.45, 2.75) is 12.5 Å². The fourth-order valence-electron chi connectivity index (χ4n) is 3.62. The SMILES string of the molecule is COc1ccc(N2CCN(C3=N[C@H](C(=O)Nc4ccc(F)cc4)CC(=O)N3)CC2)cc1. The monoisotopic (exact) mass is 425 g/mol. The van der Waals surface area contributed by atoms with E-state index in [0.29, 0.717) is 24.7 Å². The van der Waals surface area contributed by atoms with Crippen LogP contribution >= 0.6 is 0 Å². The number of rotatable bonds is 4. The maximum absolute atomic E-state index is 13.1. The van der Waals surface area contributed by atoms with E-state index >= 15 is 0 Å². The maximum Gasteiger partial charge on any atom is 0.249 e. The van der Waals surface area contributed by atoms with Crippen LogP contribution in [0.15, 0.2) is 53.5 Å². The first kappa shape index (κ1) is 20.6. The summed E-state index contributed by atoms with van der Waals surface area (Å²) in [5, 5.41) is 5.48. The zero-order chi connectivity index (χ0) is 21.8. The van der Waals surface area contributed by atoms with Crippen LogP contribution in [0.2, 0.25) is 0 Å². The first-order valence-corrected chi connectivity index (χ1v) is 10.1. The minimum Gasteiger partial charge on any atom is -0.497 e. The Balaban J connectivity index is 1.39. The minimum absolute atomic E-state index is 0.0255. The molecule has 2 aliphatic rings. The molecule has 2 aromatic carbocycles. The Hall–Kier alpha value is -3.62. The van der Waals surface area contributed by atoms with Gasteiger partial charge >= 0.3 is 0 Å². The second-order valence-electron chi connectivity index (χ2n) is 7.39. The summed E-state index contributed by atoms with van der Waals surface area (Å²) in [5.41, 5.74) is 1.56. The van der Waals surface area contributed by atoms with Gasteiger partial charge in [-0.1, -0.05) is 0 Å². The molecule has 1 saturated heterocycles. The number of anilines is 2. The molecule has 2 N–H and O–H groups in total. The number of benzene rings is 2. The Morgan fingerprint density at radius 3 is 2.35 bits per heavy atom. The van der Waals surface area contributed by atoms with Crippen molar-refractivity contribution in [3.63, 3.8) is 0 Å². The second kappa shape index (κ2) is 9.03. The number of hydrogen-bond acceptors (Lipinski definition) is 6. The quantitative estimate of drug-likeness (QED) is 0.781. The topological polar surface area (TPSA) is 86.3 Å². The molecule has 9 heteroatoms. The van der Waals surface area contributed by atoms with E-state index in [-0.39, 0.29) is 18.1 Å². The van der Waals surface area contributed by atoms with Crippen molar-refractivity contribution >= 4 is 29.1 Å². The van der Waals surface area contributed by atoms with Crippen molar-refractivity contribution in [2.75, 3.05) is 43.5 Å². The summed E-state index contributed by atoms with van der Waals surface area (Å²) in [6, 6.07) is 12.5. The number of nitrogens with one attached hydrogen (secondary N) is 2. The fraction of sp³-hybridized carbons (Fsp3) is 0.318. The summed E-state index contributed by atoms with van der Waals surface area (Å²) < 4.78 is 18.3. The fourth-order valence-corrected chi connectivity index (χ4v) is 3.62. The average molecular weight is 425 g/mol. The molecule has 31 heavy (non-hydrogen) atoms. The molecule has 2 heterocycles. The predicted molar refractivity (Wildman–Crippen MR) is 116 cm³/mol. The van der Waals surface area contributed by atoms with Gasteiger partial charge in [-0.3, -0.25) is 14.9 Å². The molecule has 1 fully saturated rings. The van der Waals surface area contributed by atoms with Crippen molar-refractivity contribution in [3.8, 4) is 5.75 Å². The van der Waals surface area contributed by atoms with Gasteiger partial charge in [-0.15, -0.1) is 0 Å². The molecule has 0 aliphatic carbocycles. The lowest BCUT2D eigenvalue weighted by molar-refractivity contribution is -0.125. The number of aliphatic imine (C=N–C) groups is 1. The number of ether oxygens (including phenoxy) is 1. The summed E-state index contributed by atoms with van der Waals surface area (Å²) >= 11 is 0. The minimum atomic E-state index is -0.826. The Bertz CT molecular complexity index is 970. The Morgan fingerprint density at radius 1 is 1.06 bits per heavy atom. The number of hydrogen-bond donors (Lipinski definition) is 2. The average Bonchev–Trinajstić information content (AvgIpc) is 2.80. The molecule has 0 radical (unpaired) electrons. The lowest BCUT2D eigenvalue weighted by Gasteiger charge is -2.38. The molecule has 8 nitrogen and oxygen atoms in total. The third-order valence-electron chi connectivity index (χ3n) is 5.34.